The van der Waals surface area contributed by atoms with Crippen LogP contribution in [-0.2, 0) is 12.8 Å². The Morgan fingerprint density at radius 3 is 2.86 bits per heavy atom. The number of halogens is 2. The molecule has 29 heavy (non-hydrogen) atoms. The topological polar surface area (TPSA) is 78.8 Å². The molecule has 1 atom stereocenters. The molecule has 8 heteroatoms. The van der Waals surface area contributed by atoms with Crippen LogP contribution in [0.5, 0.6) is 5.75 Å². The minimum atomic E-state index is -2.90. The molecule has 0 bridgehead atoms. The number of allylic oxidation sites excluding steroid dienone is 1. The number of nitriles is 1. The van der Waals surface area contributed by atoms with Crippen molar-refractivity contribution in [3.8, 4) is 11.8 Å². The lowest BCUT2D eigenvalue weighted by molar-refractivity contribution is -0.0498. The van der Waals surface area contributed by atoms with Gasteiger partial charge in [-0.3, -0.25) is 4.79 Å². The molecule has 0 saturated heterocycles. The van der Waals surface area contributed by atoms with Crippen LogP contribution < -0.4 is 10.3 Å². The number of hydrogen-bond acceptors (Lipinski definition) is 5. The molecule has 1 aromatic carbocycles. The molecule has 0 amide bonds. The average Bonchev–Trinajstić information content (AvgIpc) is 3.04. The van der Waals surface area contributed by atoms with Gasteiger partial charge in [0.25, 0.3) is 5.56 Å². The molecule has 3 aromatic rings. The second kappa shape index (κ2) is 7.76. The fourth-order valence-corrected chi connectivity index (χ4v) is 4.93. The summed E-state index contributed by atoms with van der Waals surface area (Å²) >= 11 is 1.52. The number of nitrogens with one attached hydrogen (secondary N) is 1. The Bertz CT molecular complexity index is 1190. The summed E-state index contributed by atoms with van der Waals surface area (Å²) in [4.78, 5) is 21.8. The fraction of sp³-hybridized carbons (Fsp3) is 0.286. The Hall–Kier alpha value is -3.05. The van der Waals surface area contributed by atoms with Gasteiger partial charge in [-0.15, -0.1) is 11.3 Å². The largest absolute Gasteiger partial charge is 0.435 e. The van der Waals surface area contributed by atoms with E-state index in [0.29, 0.717) is 21.7 Å². The molecule has 1 aliphatic carbocycles. The van der Waals surface area contributed by atoms with E-state index in [0.717, 1.165) is 24.8 Å². The van der Waals surface area contributed by atoms with Gasteiger partial charge in [-0.25, -0.2) is 4.98 Å². The van der Waals surface area contributed by atoms with E-state index in [-0.39, 0.29) is 22.7 Å². The van der Waals surface area contributed by atoms with Gasteiger partial charge in [0.2, 0.25) is 0 Å². The molecule has 2 aromatic heterocycles. The molecule has 0 fully saturated rings. The SMILES string of the molecule is CC1CCc2c(sc3nc(C(C#N)=Cc4ccc(OC(F)F)cc4)[nH]c(=O)c23)C1. The second-order valence-corrected chi connectivity index (χ2v) is 8.15. The van der Waals surface area contributed by atoms with Gasteiger partial charge in [0.05, 0.1) is 11.0 Å². The molecule has 5 nitrogen and oxygen atoms in total. The summed E-state index contributed by atoms with van der Waals surface area (Å²) in [5, 5.41) is 10.2. The number of rotatable bonds is 4. The standard InChI is InChI=1S/C21H17F2N3O2S/c1-11-2-7-15-16(8-11)29-20-17(15)19(27)25-18(26-20)13(10-24)9-12-3-5-14(6-4-12)28-21(22)23/h3-6,9,11,21H,2,7-8H2,1H3,(H,25,26,27). The van der Waals surface area contributed by atoms with E-state index < -0.39 is 6.61 Å². The van der Waals surface area contributed by atoms with E-state index in [1.54, 1.807) is 18.2 Å². The van der Waals surface area contributed by atoms with Crippen molar-refractivity contribution >= 4 is 33.2 Å². The molecule has 0 aliphatic heterocycles. The van der Waals surface area contributed by atoms with Gasteiger partial charge in [-0.05, 0) is 54.5 Å². The van der Waals surface area contributed by atoms with Crippen LogP contribution in [0.2, 0.25) is 0 Å². The summed E-state index contributed by atoms with van der Waals surface area (Å²) in [5.74, 6) is 0.812. The van der Waals surface area contributed by atoms with E-state index in [9.17, 15) is 18.8 Å². The summed E-state index contributed by atoms with van der Waals surface area (Å²) in [7, 11) is 0. The fourth-order valence-electron chi connectivity index (χ4n) is 3.54. The third-order valence-electron chi connectivity index (χ3n) is 4.96. The van der Waals surface area contributed by atoms with E-state index in [2.05, 4.69) is 27.7 Å². The second-order valence-electron chi connectivity index (χ2n) is 7.06. The number of nitrogens with zero attached hydrogens (tertiary/aromatic N) is 2. The molecule has 0 spiro atoms. The van der Waals surface area contributed by atoms with Gasteiger partial charge in [0.1, 0.15) is 16.6 Å². The first-order valence-corrected chi connectivity index (χ1v) is 9.98. The number of aromatic amines is 1. The first-order chi connectivity index (χ1) is 13.9. The van der Waals surface area contributed by atoms with Crippen molar-refractivity contribution in [2.75, 3.05) is 0 Å². The third kappa shape index (κ3) is 3.91. The zero-order chi connectivity index (χ0) is 20.5. The van der Waals surface area contributed by atoms with Crippen molar-refractivity contribution in [1.82, 2.24) is 9.97 Å². The lowest BCUT2D eigenvalue weighted by Gasteiger charge is -2.17. The summed E-state index contributed by atoms with van der Waals surface area (Å²) in [6.45, 7) is -0.698. The Morgan fingerprint density at radius 2 is 2.17 bits per heavy atom. The quantitative estimate of drug-likeness (QED) is 0.625. The molecular weight excluding hydrogens is 396 g/mol. The molecule has 2 heterocycles. The van der Waals surface area contributed by atoms with Crippen LogP contribution in [-0.4, -0.2) is 16.6 Å². The summed E-state index contributed by atoms with van der Waals surface area (Å²) in [5.41, 5.74) is 1.64. The normalized spacial score (nSPS) is 16.7. The number of ether oxygens (including phenoxy) is 1. The van der Waals surface area contributed by atoms with Gasteiger partial charge in [0, 0.05) is 4.88 Å². The minimum absolute atomic E-state index is 0.0296. The molecule has 4 rings (SSSR count). The van der Waals surface area contributed by atoms with Crippen molar-refractivity contribution in [3.05, 3.63) is 56.4 Å². The highest BCUT2D eigenvalue weighted by Crippen LogP contribution is 2.36. The van der Waals surface area contributed by atoms with Crippen molar-refractivity contribution in [2.24, 2.45) is 5.92 Å². The van der Waals surface area contributed by atoms with E-state index in [4.69, 9.17) is 0 Å². The van der Waals surface area contributed by atoms with E-state index in [1.165, 1.54) is 28.3 Å². The minimum Gasteiger partial charge on any atom is -0.435 e. The Labute approximate surface area is 169 Å². The Balaban J connectivity index is 1.71. The molecule has 1 aliphatic rings. The molecule has 1 N–H and O–H groups in total. The third-order valence-corrected chi connectivity index (χ3v) is 6.11. The number of hydrogen-bond donors (Lipinski definition) is 1. The lowest BCUT2D eigenvalue weighted by atomic mass is 9.89. The molecule has 0 radical (unpaired) electrons. The van der Waals surface area contributed by atoms with Gasteiger partial charge in [0.15, 0.2) is 5.82 Å². The molecule has 1 unspecified atom stereocenters. The molecule has 148 valence electrons. The highest BCUT2D eigenvalue weighted by Gasteiger charge is 2.23. The van der Waals surface area contributed by atoms with Crippen LogP contribution in [0.1, 0.15) is 35.2 Å². The monoisotopic (exact) mass is 413 g/mol. The van der Waals surface area contributed by atoms with Crippen LogP contribution in [0.15, 0.2) is 29.1 Å². The summed E-state index contributed by atoms with van der Waals surface area (Å²) < 4.78 is 28.8. The van der Waals surface area contributed by atoms with Crippen LogP contribution in [0.4, 0.5) is 8.78 Å². The number of aryl methyl sites for hydroxylation is 1. The van der Waals surface area contributed by atoms with Crippen LogP contribution in [0.25, 0.3) is 21.9 Å². The van der Waals surface area contributed by atoms with Gasteiger partial charge < -0.3 is 9.72 Å². The van der Waals surface area contributed by atoms with E-state index >= 15 is 0 Å². The number of fused-ring (bicyclic) bond motifs is 3. The Morgan fingerprint density at radius 1 is 1.41 bits per heavy atom. The number of aromatic nitrogens is 2. The average molecular weight is 413 g/mol. The zero-order valence-corrected chi connectivity index (χ0v) is 16.4. The first kappa shape index (κ1) is 19.3. The number of thiophene rings is 1. The lowest BCUT2D eigenvalue weighted by Crippen LogP contribution is -2.14. The van der Waals surface area contributed by atoms with Crippen LogP contribution in [0.3, 0.4) is 0 Å². The van der Waals surface area contributed by atoms with Gasteiger partial charge in [-0.2, -0.15) is 14.0 Å². The maximum absolute atomic E-state index is 12.7. The maximum atomic E-state index is 12.7. The molecule has 0 saturated carbocycles. The highest BCUT2D eigenvalue weighted by atomic mass is 32.1. The number of alkyl halides is 2. The predicted octanol–water partition coefficient (Wildman–Crippen LogP) is 4.77. The number of H-pyrrole nitrogens is 1. The summed E-state index contributed by atoms with van der Waals surface area (Å²) in [6, 6.07) is 7.94. The van der Waals surface area contributed by atoms with Crippen molar-refractivity contribution in [3.63, 3.8) is 0 Å². The first-order valence-electron chi connectivity index (χ1n) is 9.16. The van der Waals surface area contributed by atoms with Gasteiger partial charge in [-0.1, -0.05) is 19.1 Å². The van der Waals surface area contributed by atoms with Crippen molar-refractivity contribution in [1.29, 1.82) is 5.26 Å². The smallest absolute Gasteiger partial charge is 0.387 e. The predicted molar refractivity (Wildman–Crippen MR) is 108 cm³/mol. The van der Waals surface area contributed by atoms with Crippen LogP contribution in [0, 0.1) is 17.2 Å². The number of benzene rings is 1. The summed E-state index contributed by atoms with van der Waals surface area (Å²) in [6.07, 6.45) is 4.41. The molecular formula is C21H17F2N3O2S. The highest BCUT2D eigenvalue weighted by molar-refractivity contribution is 7.18. The van der Waals surface area contributed by atoms with Gasteiger partial charge >= 0.3 is 6.61 Å². The maximum Gasteiger partial charge on any atom is 0.387 e. The zero-order valence-electron chi connectivity index (χ0n) is 15.5. The Kier molecular flexibility index (Phi) is 5.16. The van der Waals surface area contributed by atoms with Crippen molar-refractivity contribution < 1.29 is 13.5 Å². The van der Waals surface area contributed by atoms with Crippen LogP contribution >= 0.6 is 11.3 Å². The van der Waals surface area contributed by atoms with E-state index in [1.807, 2.05) is 0 Å². The van der Waals surface area contributed by atoms with Crippen molar-refractivity contribution in [2.45, 2.75) is 32.8 Å².